The first-order valence-electron chi connectivity index (χ1n) is 9.23. The molecule has 1 amide bonds. The fourth-order valence-electron chi connectivity index (χ4n) is 3.63. The van der Waals surface area contributed by atoms with Crippen molar-refractivity contribution < 1.29 is 4.79 Å². The molecular weight excluding hydrogens is 312 g/mol. The van der Waals surface area contributed by atoms with E-state index in [4.69, 9.17) is 5.73 Å². The van der Waals surface area contributed by atoms with Crippen LogP contribution in [0.1, 0.15) is 37.8 Å². The van der Waals surface area contributed by atoms with Crippen LogP contribution in [0, 0.1) is 5.92 Å². The highest BCUT2D eigenvalue weighted by molar-refractivity contribution is 5.78. The highest BCUT2D eigenvalue weighted by Gasteiger charge is 2.27. The van der Waals surface area contributed by atoms with Crippen LogP contribution in [0.15, 0.2) is 36.4 Å². The maximum absolute atomic E-state index is 12.5. The Hall–Kier alpha value is -2.14. The number of carbonyl (C=O) groups is 1. The van der Waals surface area contributed by atoms with Gasteiger partial charge >= 0.3 is 0 Å². The molecule has 0 spiro atoms. The van der Waals surface area contributed by atoms with Crippen LogP contribution in [0.5, 0.6) is 0 Å². The number of hydrogen-bond donors (Lipinski definition) is 2. The van der Waals surface area contributed by atoms with E-state index in [0.717, 1.165) is 62.0 Å². The number of nitrogens with zero attached hydrogens (tertiary/aromatic N) is 2. The number of benzene rings is 1. The fraction of sp³-hybridized carbons (Fsp3) is 0.500. The van der Waals surface area contributed by atoms with Gasteiger partial charge in [0, 0.05) is 36.8 Å². The number of amides is 1. The Morgan fingerprint density at radius 2 is 2.12 bits per heavy atom. The van der Waals surface area contributed by atoms with E-state index in [1.54, 1.807) is 0 Å². The van der Waals surface area contributed by atoms with Crippen LogP contribution in [-0.4, -0.2) is 40.6 Å². The molecule has 1 aromatic carbocycles. The third-order valence-electron chi connectivity index (χ3n) is 5.08. The summed E-state index contributed by atoms with van der Waals surface area (Å²) in [7, 11) is 1.91. The number of aromatic amines is 1. The average Bonchev–Trinajstić information content (AvgIpc) is 3.10. The van der Waals surface area contributed by atoms with Gasteiger partial charge in [0.05, 0.1) is 5.69 Å². The first-order chi connectivity index (χ1) is 12.1. The van der Waals surface area contributed by atoms with Crippen LogP contribution in [0.3, 0.4) is 0 Å². The molecule has 0 bridgehead atoms. The lowest BCUT2D eigenvalue weighted by atomic mass is 9.85. The highest BCUT2D eigenvalue weighted by Crippen LogP contribution is 2.24. The summed E-state index contributed by atoms with van der Waals surface area (Å²) in [5, 5.41) is 7.49. The Bertz CT molecular complexity index is 682. The molecule has 1 saturated carbocycles. The highest BCUT2D eigenvalue weighted by atomic mass is 16.2. The molecule has 3 rings (SSSR count). The molecule has 2 unspecified atom stereocenters. The summed E-state index contributed by atoms with van der Waals surface area (Å²) < 4.78 is 0. The van der Waals surface area contributed by atoms with Crippen molar-refractivity contribution in [3.05, 3.63) is 42.1 Å². The van der Waals surface area contributed by atoms with Crippen molar-refractivity contribution in [3.8, 4) is 11.3 Å². The second kappa shape index (κ2) is 8.30. The van der Waals surface area contributed by atoms with Crippen LogP contribution in [0.2, 0.25) is 0 Å². The Kier molecular flexibility index (Phi) is 5.87. The number of rotatable bonds is 6. The molecule has 25 heavy (non-hydrogen) atoms. The summed E-state index contributed by atoms with van der Waals surface area (Å²) in [6, 6.07) is 12.4. The van der Waals surface area contributed by atoms with Crippen LogP contribution in [0.25, 0.3) is 11.3 Å². The van der Waals surface area contributed by atoms with E-state index < -0.39 is 0 Å². The maximum Gasteiger partial charge on any atom is 0.225 e. The molecule has 0 aliphatic heterocycles. The second-order valence-corrected chi connectivity index (χ2v) is 7.13. The molecule has 134 valence electrons. The maximum atomic E-state index is 12.5. The SMILES string of the molecule is CN(CCCc1cc(-c2ccccc2)n[nH]1)C(=O)C1CCCC(N)C1. The Morgan fingerprint density at radius 1 is 1.32 bits per heavy atom. The van der Waals surface area contributed by atoms with Crippen molar-refractivity contribution in [1.29, 1.82) is 0 Å². The van der Waals surface area contributed by atoms with E-state index in [-0.39, 0.29) is 17.9 Å². The molecule has 1 aromatic heterocycles. The molecule has 0 saturated heterocycles. The molecular formula is C20H28N4O. The molecule has 1 heterocycles. The number of hydrogen-bond acceptors (Lipinski definition) is 3. The third kappa shape index (κ3) is 4.69. The smallest absolute Gasteiger partial charge is 0.225 e. The summed E-state index contributed by atoms with van der Waals surface area (Å²) in [6.07, 6.45) is 5.76. The fourth-order valence-corrected chi connectivity index (χ4v) is 3.63. The van der Waals surface area contributed by atoms with Crippen molar-refractivity contribution in [2.24, 2.45) is 11.7 Å². The lowest BCUT2D eigenvalue weighted by molar-refractivity contribution is -0.135. The molecule has 1 aliphatic rings. The van der Waals surface area contributed by atoms with E-state index in [1.807, 2.05) is 30.1 Å². The van der Waals surface area contributed by atoms with Gasteiger partial charge in [0.1, 0.15) is 0 Å². The third-order valence-corrected chi connectivity index (χ3v) is 5.08. The minimum atomic E-state index is 0.116. The van der Waals surface area contributed by atoms with E-state index in [2.05, 4.69) is 28.4 Å². The zero-order valence-electron chi connectivity index (χ0n) is 14.9. The normalized spacial score (nSPS) is 20.4. The standard InChI is InChI=1S/C20H28N4O/c1-24(20(25)16-9-5-10-17(21)13-16)12-6-11-18-14-19(23-22-18)15-7-3-2-4-8-15/h2-4,7-8,14,16-17H,5-6,9-13,21H2,1H3,(H,22,23). The van der Waals surface area contributed by atoms with Gasteiger partial charge in [-0.2, -0.15) is 5.10 Å². The van der Waals surface area contributed by atoms with Crippen molar-refractivity contribution in [1.82, 2.24) is 15.1 Å². The predicted molar refractivity (Wildman–Crippen MR) is 99.9 cm³/mol. The molecule has 1 fully saturated rings. The first kappa shape index (κ1) is 17.7. The van der Waals surface area contributed by atoms with E-state index >= 15 is 0 Å². The summed E-state index contributed by atoms with van der Waals surface area (Å²) in [5.74, 6) is 0.371. The monoisotopic (exact) mass is 340 g/mol. The topological polar surface area (TPSA) is 75.0 Å². The van der Waals surface area contributed by atoms with Crippen molar-refractivity contribution in [2.75, 3.05) is 13.6 Å². The molecule has 2 aromatic rings. The minimum absolute atomic E-state index is 0.116. The number of carbonyl (C=O) groups excluding carboxylic acids is 1. The van der Waals surface area contributed by atoms with Gasteiger partial charge in [0.15, 0.2) is 0 Å². The Balaban J connectivity index is 1.46. The molecule has 2 atom stereocenters. The average molecular weight is 340 g/mol. The zero-order valence-corrected chi connectivity index (χ0v) is 14.9. The van der Waals surface area contributed by atoms with Gasteiger partial charge in [-0.1, -0.05) is 36.8 Å². The van der Waals surface area contributed by atoms with Gasteiger partial charge in [-0.15, -0.1) is 0 Å². The molecule has 5 nitrogen and oxygen atoms in total. The van der Waals surface area contributed by atoms with Crippen molar-refractivity contribution in [2.45, 2.75) is 44.6 Å². The van der Waals surface area contributed by atoms with Gasteiger partial charge in [0.2, 0.25) is 5.91 Å². The molecule has 1 aliphatic carbocycles. The molecule has 5 heteroatoms. The largest absolute Gasteiger partial charge is 0.346 e. The van der Waals surface area contributed by atoms with E-state index in [0.29, 0.717) is 0 Å². The van der Waals surface area contributed by atoms with Gasteiger partial charge in [-0.25, -0.2) is 0 Å². The van der Waals surface area contributed by atoms with Gasteiger partial charge in [-0.05, 0) is 38.2 Å². The summed E-state index contributed by atoms with van der Waals surface area (Å²) in [6.45, 7) is 0.768. The molecule has 3 N–H and O–H groups in total. The first-order valence-corrected chi connectivity index (χ1v) is 9.23. The van der Waals surface area contributed by atoms with Crippen molar-refractivity contribution in [3.63, 3.8) is 0 Å². The predicted octanol–water partition coefficient (Wildman–Crippen LogP) is 2.99. The number of H-pyrrole nitrogens is 1. The Morgan fingerprint density at radius 3 is 2.88 bits per heavy atom. The summed E-state index contributed by atoms with van der Waals surface area (Å²) in [4.78, 5) is 14.4. The lowest BCUT2D eigenvalue weighted by Crippen LogP contribution is -2.39. The van der Waals surface area contributed by atoms with Crippen LogP contribution >= 0.6 is 0 Å². The van der Waals surface area contributed by atoms with E-state index in [1.165, 1.54) is 0 Å². The number of aromatic nitrogens is 2. The second-order valence-electron chi connectivity index (χ2n) is 7.13. The van der Waals surface area contributed by atoms with Crippen LogP contribution in [0.4, 0.5) is 0 Å². The van der Waals surface area contributed by atoms with Crippen molar-refractivity contribution >= 4 is 5.91 Å². The lowest BCUT2D eigenvalue weighted by Gasteiger charge is -2.29. The van der Waals surface area contributed by atoms with Crippen LogP contribution in [-0.2, 0) is 11.2 Å². The summed E-state index contributed by atoms with van der Waals surface area (Å²) in [5.41, 5.74) is 9.20. The number of nitrogens with one attached hydrogen (secondary N) is 1. The Labute approximate surface area is 149 Å². The summed E-state index contributed by atoms with van der Waals surface area (Å²) >= 11 is 0. The van der Waals surface area contributed by atoms with Crippen LogP contribution < -0.4 is 5.73 Å². The molecule has 0 radical (unpaired) electrons. The van der Waals surface area contributed by atoms with Gasteiger partial charge < -0.3 is 10.6 Å². The minimum Gasteiger partial charge on any atom is -0.346 e. The zero-order chi connectivity index (χ0) is 17.6. The van der Waals surface area contributed by atoms with E-state index in [9.17, 15) is 4.79 Å². The van der Waals surface area contributed by atoms with Gasteiger partial charge in [0.25, 0.3) is 0 Å². The van der Waals surface area contributed by atoms with Gasteiger partial charge in [-0.3, -0.25) is 9.89 Å². The number of aryl methyl sites for hydroxylation is 1. The number of nitrogens with two attached hydrogens (primary N) is 1. The quantitative estimate of drug-likeness (QED) is 0.849.